The summed E-state index contributed by atoms with van der Waals surface area (Å²) in [5.41, 5.74) is 4.40. The van der Waals surface area contributed by atoms with Gasteiger partial charge in [0.15, 0.2) is 0 Å². The Labute approximate surface area is 121 Å². The highest BCUT2D eigenvalue weighted by molar-refractivity contribution is 5.90. The molecule has 0 bridgehead atoms. The summed E-state index contributed by atoms with van der Waals surface area (Å²) in [4.78, 5) is 23.8. The lowest BCUT2D eigenvalue weighted by Gasteiger charge is -2.39. The Morgan fingerprint density at radius 3 is 2.20 bits per heavy atom. The van der Waals surface area contributed by atoms with Gasteiger partial charge in [0.2, 0.25) is 5.91 Å². The van der Waals surface area contributed by atoms with Crippen molar-refractivity contribution < 1.29 is 14.7 Å². The number of carbonyl (C=O) groups excluding carboxylic acids is 1. The lowest BCUT2D eigenvalue weighted by Crippen LogP contribution is -2.61. The molecule has 0 aromatic rings. The molecule has 1 atom stereocenters. The highest BCUT2D eigenvalue weighted by atomic mass is 16.4. The Morgan fingerprint density at radius 2 is 1.85 bits per heavy atom. The predicted molar refractivity (Wildman–Crippen MR) is 78.2 cm³/mol. The maximum absolute atomic E-state index is 12.2. The first-order valence-electron chi connectivity index (χ1n) is 7.43. The molecule has 1 aliphatic rings. The number of hydrogen-bond acceptors (Lipinski definition) is 3. The van der Waals surface area contributed by atoms with Crippen LogP contribution in [0.4, 0.5) is 0 Å². The largest absolute Gasteiger partial charge is 0.480 e. The van der Waals surface area contributed by atoms with Gasteiger partial charge < -0.3 is 16.2 Å². The van der Waals surface area contributed by atoms with Crippen LogP contribution in [0.25, 0.3) is 0 Å². The van der Waals surface area contributed by atoms with E-state index in [1.807, 2.05) is 20.8 Å². The Kier molecular flexibility index (Phi) is 5.19. The average Bonchev–Trinajstić information content (AvgIpc) is 2.37. The van der Waals surface area contributed by atoms with E-state index in [4.69, 9.17) is 5.73 Å². The zero-order valence-electron chi connectivity index (χ0n) is 13.0. The van der Waals surface area contributed by atoms with Crippen molar-refractivity contribution in [2.24, 2.45) is 17.1 Å². The third kappa shape index (κ3) is 3.72. The Balaban J connectivity index is 2.79. The highest BCUT2D eigenvalue weighted by Crippen LogP contribution is 2.34. The predicted octanol–water partition coefficient (Wildman–Crippen LogP) is 1.90. The monoisotopic (exact) mass is 284 g/mol. The molecular formula is C15H28N2O3. The molecule has 4 N–H and O–H groups in total. The van der Waals surface area contributed by atoms with Crippen LogP contribution in [0.15, 0.2) is 0 Å². The topological polar surface area (TPSA) is 92.4 Å². The van der Waals surface area contributed by atoms with Gasteiger partial charge in [0.1, 0.15) is 5.54 Å². The summed E-state index contributed by atoms with van der Waals surface area (Å²) >= 11 is 0. The summed E-state index contributed by atoms with van der Waals surface area (Å²) in [6, 6.07) is -0.706. The van der Waals surface area contributed by atoms with Gasteiger partial charge in [0.05, 0.1) is 6.04 Å². The molecule has 1 fully saturated rings. The van der Waals surface area contributed by atoms with Crippen LogP contribution in [0.2, 0.25) is 0 Å². The van der Waals surface area contributed by atoms with E-state index in [0.717, 1.165) is 19.3 Å². The van der Waals surface area contributed by atoms with Crippen molar-refractivity contribution >= 4 is 11.9 Å². The zero-order chi connectivity index (χ0) is 15.6. The molecule has 20 heavy (non-hydrogen) atoms. The van der Waals surface area contributed by atoms with Gasteiger partial charge in [-0.05, 0) is 37.0 Å². The normalized spacial score (nSPS) is 28.8. The molecular weight excluding hydrogens is 256 g/mol. The molecule has 1 aliphatic carbocycles. The van der Waals surface area contributed by atoms with Gasteiger partial charge in [-0.15, -0.1) is 0 Å². The fraction of sp³-hybridized carbons (Fsp3) is 0.867. The number of aliphatic carboxylic acids is 1. The second-order valence-corrected chi connectivity index (χ2v) is 7.07. The minimum atomic E-state index is -1.13. The fourth-order valence-corrected chi connectivity index (χ4v) is 2.68. The summed E-state index contributed by atoms with van der Waals surface area (Å²) in [5, 5.41) is 12.2. The van der Waals surface area contributed by atoms with E-state index in [1.165, 1.54) is 0 Å². The number of amides is 1. The molecule has 0 unspecified atom stereocenters. The summed E-state index contributed by atoms with van der Waals surface area (Å²) in [7, 11) is 0. The second kappa shape index (κ2) is 6.12. The maximum Gasteiger partial charge on any atom is 0.329 e. The quantitative estimate of drug-likeness (QED) is 0.735. The fourth-order valence-electron chi connectivity index (χ4n) is 2.68. The Morgan fingerprint density at radius 1 is 1.35 bits per heavy atom. The second-order valence-electron chi connectivity index (χ2n) is 7.07. The standard InChI is InChI=1S/C15H28N2O3/c1-5-10-6-8-15(9-7-10,13(19)20)17-12(18)11(16)14(2,3)4/h10-11H,5-9,16H2,1-4H3,(H,17,18)(H,19,20)/t10?,11-,15?/m0/s1. The van der Waals surface area contributed by atoms with Gasteiger partial charge in [-0.3, -0.25) is 4.79 Å². The first-order chi connectivity index (χ1) is 9.12. The lowest BCUT2D eigenvalue weighted by atomic mass is 9.75. The van der Waals surface area contributed by atoms with Gasteiger partial charge in [-0.2, -0.15) is 0 Å². The highest BCUT2D eigenvalue weighted by Gasteiger charge is 2.44. The van der Waals surface area contributed by atoms with E-state index in [0.29, 0.717) is 18.8 Å². The number of carbonyl (C=O) groups is 2. The minimum Gasteiger partial charge on any atom is -0.480 e. The molecule has 0 saturated heterocycles. The van der Waals surface area contributed by atoms with E-state index in [2.05, 4.69) is 12.2 Å². The molecule has 1 saturated carbocycles. The SMILES string of the molecule is CCC1CCC(NC(=O)[C@H](N)C(C)(C)C)(C(=O)O)CC1. The van der Waals surface area contributed by atoms with Gasteiger partial charge in [0, 0.05) is 0 Å². The summed E-state index contributed by atoms with van der Waals surface area (Å²) in [6.07, 6.45) is 3.72. The minimum absolute atomic E-state index is 0.366. The van der Waals surface area contributed by atoms with Crippen molar-refractivity contribution in [3.05, 3.63) is 0 Å². The third-order valence-corrected chi connectivity index (χ3v) is 4.52. The van der Waals surface area contributed by atoms with Crippen molar-refractivity contribution in [1.29, 1.82) is 0 Å². The van der Waals surface area contributed by atoms with Crippen LogP contribution in [0.3, 0.4) is 0 Å². The molecule has 0 spiro atoms. The molecule has 0 heterocycles. The number of carboxylic acids is 1. The van der Waals surface area contributed by atoms with Crippen molar-refractivity contribution in [2.75, 3.05) is 0 Å². The van der Waals surface area contributed by atoms with Crippen molar-refractivity contribution in [2.45, 2.75) is 71.4 Å². The number of nitrogens with two attached hydrogens (primary N) is 1. The van der Waals surface area contributed by atoms with Crippen LogP contribution in [0, 0.1) is 11.3 Å². The molecule has 116 valence electrons. The zero-order valence-corrected chi connectivity index (χ0v) is 13.0. The van der Waals surface area contributed by atoms with Crippen LogP contribution < -0.4 is 11.1 Å². The van der Waals surface area contributed by atoms with E-state index < -0.39 is 17.6 Å². The summed E-state index contributed by atoms with van der Waals surface area (Å²) in [6.45, 7) is 7.74. The van der Waals surface area contributed by atoms with E-state index in [1.54, 1.807) is 0 Å². The molecule has 5 nitrogen and oxygen atoms in total. The lowest BCUT2D eigenvalue weighted by molar-refractivity contribution is -0.150. The van der Waals surface area contributed by atoms with Gasteiger partial charge in [-0.1, -0.05) is 34.1 Å². The smallest absolute Gasteiger partial charge is 0.329 e. The Bertz CT molecular complexity index is 366. The van der Waals surface area contributed by atoms with Crippen molar-refractivity contribution in [3.63, 3.8) is 0 Å². The van der Waals surface area contributed by atoms with Crippen LogP contribution in [0.1, 0.15) is 59.8 Å². The van der Waals surface area contributed by atoms with Crippen LogP contribution in [-0.2, 0) is 9.59 Å². The van der Waals surface area contributed by atoms with Crippen molar-refractivity contribution in [3.8, 4) is 0 Å². The molecule has 5 heteroatoms. The first kappa shape index (κ1) is 17.0. The van der Waals surface area contributed by atoms with E-state index >= 15 is 0 Å². The molecule has 1 rings (SSSR count). The van der Waals surface area contributed by atoms with Gasteiger partial charge >= 0.3 is 5.97 Å². The van der Waals surface area contributed by atoms with E-state index in [-0.39, 0.29) is 11.3 Å². The van der Waals surface area contributed by atoms with Gasteiger partial charge in [0.25, 0.3) is 0 Å². The molecule has 1 amide bonds. The maximum atomic E-state index is 12.2. The summed E-state index contributed by atoms with van der Waals surface area (Å²) < 4.78 is 0. The van der Waals surface area contributed by atoms with Crippen LogP contribution in [0.5, 0.6) is 0 Å². The summed E-state index contributed by atoms with van der Waals surface area (Å²) in [5.74, 6) is -0.743. The molecule has 0 aliphatic heterocycles. The average molecular weight is 284 g/mol. The number of carboxylic acid groups (broad SMARTS) is 1. The number of nitrogens with one attached hydrogen (secondary N) is 1. The van der Waals surface area contributed by atoms with Crippen LogP contribution in [-0.4, -0.2) is 28.6 Å². The third-order valence-electron chi connectivity index (χ3n) is 4.52. The molecule has 0 aromatic carbocycles. The Hall–Kier alpha value is -1.10. The van der Waals surface area contributed by atoms with Crippen molar-refractivity contribution in [1.82, 2.24) is 5.32 Å². The number of rotatable bonds is 4. The molecule has 0 radical (unpaired) electrons. The number of hydrogen-bond donors (Lipinski definition) is 3. The van der Waals surface area contributed by atoms with E-state index in [9.17, 15) is 14.7 Å². The molecule has 0 aromatic heterocycles. The first-order valence-corrected chi connectivity index (χ1v) is 7.43. The van der Waals surface area contributed by atoms with Gasteiger partial charge in [-0.25, -0.2) is 4.79 Å². The van der Waals surface area contributed by atoms with Crippen LogP contribution >= 0.6 is 0 Å².